The van der Waals surface area contributed by atoms with Gasteiger partial charge in [0.05, 0.1) is 16.4 Å². The van der Waals surface area contributed by atoms with Crippen LogP contribution in [0.5, 0.6) is 0 Å². The summed E-state index contributed by atoms with van der Waals surface area (Å²) in [5.74, 6) is 0.372. The molecule has 100 valence electrons. The van der Waals surface area contributed by atoms with Gasteiger partial charge >= 0.3 is 0 Å². The van der Waals surface area contributed by atoms with Gasteiger partial charge in [-0.25, -0.2) is 9.37 Å². The van der Waals surface area contributed by atoms with Crippen LogP contribution in [0.4, 0.5) is 15.9 Å². The largest absolute Gasteiger partial charge is 0.327 e. The Bertz CT molecular complexity index is 574. The van der Waals surface area contributed by atoms with Crippen LogP contribution in [0, 0.1) is 5.82 Å². The number of rotatable bonds is 4. The highest BCUT2D eigenvalue weighted by atomic mass is 35.5. The molecule has 0 unspecified atom stereocenters. The summed E-state index contributed by atoms with van der Waals surface area (Å²) in [5.41, 5.74) is 1.22. The smallest absolute Gasteiger partial charge is 0.146 e. The van der Waals surface area contributed by atoms with Crippen LogP contribution >= 0.6 is 11.6 Å². The van der Waals surface area contributed by atoms with Crippen LogP contribution in [-0.4, -0.2) is 19.1 Å². The molecule has 19 heavy (non-hydrogen) atoms. The molecule has 3 nitrogen and oxygen atoms in total. The van der Waals surface area contributed by atoms with Crippen molar-refractivity contribution in [2.75, 3.05) is 19.0 Å². The van der Waals surface area contributed by atoms with Gasteiger partial charge in [-0.1, -0.05) is 23.7 Å². The maximum Gasteiger partial charge on any atom is 0.146 e. The van der Waals surface area contributed by atoms with Gasteiger partial charge in [0, 0.05) is 13.6 Å². The Morgan fingerprint density at radius 1 is 1.26 bits per heavy atom. The maximum absolute atomic E-state index is 13.7. The lowest BCUT2D eigenvalue weighted by Crippen LogP contribution is -2.15. The Morgan fingerprint density at radius 3 is 2.68 bits per heavy atom. The minimum atomic E-state index is -0.281. The van der Waals surface area contributed by atoms with Gasteiger partial charge in [0.25, 0.3) is 0 Å². The predicted molar refractivity (Wildman–Crippen MR) is 76.5 cm³/mol. The highest BCUT2D eigenvalue weighted by Crippen LogP contribution is 2.26. The molecule has 0 saturated carbocycles. The van der Waals surface area contributed by atoms with Crippen molar-refractivity contribution >= 4 is 23.1 Å². The number of nitrogens with one attached hydrogen (secondary N) is 1. The van der Waals surface area contributed by atoms with E-state index in [-0.39, 0.29) is 5.82 Å². The van der Waals surface area contributed by atoms with Gasteiger partial charge in [-0.15, -0.1) is 0 Å². The van der Waals surface area contributed by atoms with Crippen LogP contribution in [0.25, 0.3) is 0 Å². The van der Waals surface area contributed by atoms with Gasteiger partial charge in [-0.3, -0.25) is 0 Å². The number of aromatic nitrogens is 1. The number of hydrogen-bond acceptors (Lipinski definition) is 3. The van der Waals surface area contributed by atoms with Crippen molar-refractivity contribution in [2.45, 2.75) is 6.54 Å². The normalized spacial score (nSPS) is 10.5. The monoisotopic (exact) mass is 279 g/mol. The van der Waals surface area contributed by atoms with E-state index in [0.29, 0.717) is 23.1 Å². The molecule has 0 aliphatic carbocycles. The lowest BCUT2D eigenvalue weighted by molar-refractivity contribution is 0.627. The number of para-hydroxylation sites is 1. The fraction of sp³-hybridized carbons (Fsp3) is 0.214. The van der Waals surface area contributed by atoms with E-state index in [1.165, 1.54) is 6.07 Å². The van der Waals surface area contributed by atoms with Gasteiger partial charge in [0.1, 0.15) is 11.6 Å². The Morgan fingerprint density at radius 2 is 2.00 bits per heavy atom. The first-order valence-corrected chi connectivity index (χ1v) is 6.29. The zero-order chi connectivity index (χ0) is 13.8. The molecule has 0 saturated heterocycles. The molecular formula is C14H15ClFN3. The molecule has 2 rings (SSSR count). The summed E-state index contributed by atoms with van der Waals surface area (Å²) in [6.45, 7) is 0.567. The summed E-state index contributed by atoms with van der Waals surface area (Å²) in [6, 6.07) is 10.1. The van der Waals surface area contributed by atoms with Gasteiger partial charge < -0.3 is 10.2 Å². The second-order valence-electron chi connectivity index (χ2n) is 4.14. The van der Waals surface area contributed by atoms with E-state index in [1.54, 1.807) is 42.3 Å². The molecule has 0 atom stereocenters. The van der Waals surface area contributed by atoms with Crippen LogP contribution in [0.2, 0.25) is 5.02 Å². The third kappa shape index (κ3) is 3.03. The Labute approximate surface area is 117 Å². The summed E-state index contributed by atoms with van der Waals surface area (Å²) in [5, 5.41) is 3.60. The van der Waals surface area contributed by atoms with Gasteiger partial charge in [0.2, 0.25) is 0 Å². The van der Waals surface area contributed by atoms with E-state index in [1.807, 2.05) is 7.05 Å². The Hall–Kier alpha value is -1.65. The second kappa shape index (κ2) is 5.99. The highest BCUT2D eigenvalue weighted by molar-refractivity contribution is 6.31. The predicted octanol–water partition coefficient (Wildman–Crippen LogP) is 3.36. The molecule has 0 spiro atoms. The lowest BCUT2D eigenvalue weighted by atomic mass is 10.2. The molecule has 0 aliphatic rings. The SMILES string of the molecule is CNCc1nc(N(C)c2ccccc2F)ccc1Cl. The minimum absolute atomic E-state index is 0.281. The fourth-order valence-electron chi connectivity index (χ4n) is 1.80. The minimum Gasteiger partial charge on any atom is -0.327 e. The summed E-state index contributed by atoms with van der Waals surface area (Å²) in [6.07, 6.45) is 0. The van der Waals surface area contributed by atoms with E-state index >= 15 is 0 Å². The number of benzene rings is 1. The quantitative estimate of drug-likeness (QED) is 0.930. The van der Waals surface area contributed by atoms with Crippen molar-refractivity contribution in [3.05, 3.63) is 52.9 Å². The Kier molecular flexibility index (Phi) is 4.35. The van der Waals surface area contributed by atoms with E-state index in [0.717, 1.165) is 5.69 Å². The van der Waals surface area contributed by atoms with Crippen molar-refractivity contribution in [1.29, 1.82) is 0 Å². The van der Waals surface area contributed by atoms with Gasteiger partial charge in [0.15, 0.2) is 0 Å². The first-order valence-electron chi connectivity index (χ1n) is 5.91. The van der Waals surface area contributed by atoms with Crippen LogP contribution in [0.15, 0.2) is 36.4 Å². The average molecular weight is 280 g/mol. The first kappa shape index (κ1) is 13.8. The van der Waals surface area contributed by atoms with Gasteiger partial charge in [-0.05, 0) is 31.3 Å². The van der Waals surface area contributed by atoms with Crippen molar-refractivity contribution in [2.24, 2.45) is 0 Å². The molecule has 1 N–H and O–H groups in total. The standard InChI is InChI=1S/C14H15ClFN3/c1-17-9-12-10(15)7-8-14(18-12)19(2)13-6-4-3-5-11(13)16/h3-8,17H,9H2,1-2H3. The zero-order valence-corrected chi connectivity index (χ0v) is 11.6. The highest BCUT2D eigenvalue weighted by Gasteiger charge is 2.11. The van der Waals surface area contributed by atoms with E-state index in [2.05, 4.69) is 10.3 Å². The fourth-order valence-corrected chi connectivity index (χ4v) is 1.97. The van der Waals surface area contributed by atoms with Gasteiger partial charge in [-0.2, -0.15) is 0 Å². The molecular weight excluding hydrogens is 265 g/mol. The molecule has 0 amide bonds. The number of anilines is 2. The van der Waals surface area contributed by atoms with Crippen LogP contribution < -0.4 is 10.2 Å². The topological polar surface area (TPSA) is 28.2 Å². The van der Waals surface area contributed by atoms with Crippen LogP contribution in [0.1, 0.15) is 5.69 Å². The number of halogens is 2. The number of hydrogen-bond donors (Lipinski definition) is 1. The van der Waals surface area contributed by atoms with Crippen LogP contribution in [-0.2, 0) is 6.54 Å². The molecule has 5 heteroatoms. The van der Waals surface area contributed by atoms with Crippen LogP contribution in [0.3, 0.4) is 0 Å². The average Bonchev–Trinajstić information content (AvgIpc) is 2.41. The summed E-state index contributed by atoms with van der Waals surface area (Å²) < 4.78 is 13.7. The molecule has 0 fully saturated rings. The summed E-state index contributed by atoms with van der Waals surface area (Å²) >= 11 is 6.06. The number of nitrogens with zero attached hydrogens (tertiary/aromatic N) is 2. The molecule has 1 heterocycles. The molecule has 0 bridgehead atoms. The molecule has 0 aliphatic heterocycles. The first-order chi connectivity index (χ1) is 9.13. The van der Waals surface area contributed by atoms with Crippen molar-refractivity contribution in [3.63, 3.8) is 0 Å². The summed E-state index contributed by atoms with van der Waals surface area (Å²) in [7, 11) is 3.60. The summed E-state index contributed by atoms with van der Waals surface area (Å²) in [4.78, 5) is 6.14. The molecule has 1 aromatic carbocycles. The molecule has 2 aromatic rings. The lowest BCUT2D eigenvalue weighted by Gasteiger charge is -2.20. The van der Waals surface area contributed by atoms with Crippen molar-refractivity contribution in [3.8, 4) is 0 Å². The maximum atomic E-state index is 13.7. The van der Waals surface area contributed by atoms with Crippen molar-refractivity contribution < 1.29 is 4.39 Å². The Balaban J connectivity index is 2.36. The zero-order valence-electron chi connectivity index (χ0n) is 10.8. The van der Waals surface area contributed by atoms with E-state index < -0.39 is 0 Å². The number of pyridine rings is 1. The van der Waals surface area contributed by atoms with E-state index in [4.69, 9.17) is 11.6 Å². The second-order valence-corrected chi connectivity index (χ2v) is 4.55. The van der Waals surface area contributed by atoms with Crippen molar-refractivity contribution in [1.82, 2.24) is 10.3 Å². The third-order valence-corrected chi connectivity index (χ3v) is 3.15. The molecule has 1 aromatic heterocycles. The third-order valence-electron chi connectivity index (χ3n) is 2.81. The van der Waals surface area contributed by atoms with E-state index in [9.17, 15) is 4.39 Å². The molecule has 0 radical (unpaired) electrons.